The highest BCUT2D eigenvalue weighted by Gasteiger charge is 2.01. The molecule has 0 unspecified atom stereocenters. The van der Waals surface area contributed by atoms with E-state index in [1.54, 1.807) is 6.07 Å². The zero-order valence-electron chi connectivity index (χ0n) is 7.96. The predicted molar refractivity (Wildman–Crippen MR) is 52.5 cm³/mol. The van der Waals surface area contributed by atoms with Crippen LogP contribution < -0.4 is 5.32 Å². The molecule has 0 bridgehead atoms. The first-order valence-corrected chi connectivity index (χ1v) is 4.39. The number of pyridine rings is 1. The van der Waals surface area contributed by atoms with Gasteiger partial charge in [-0.15, -0.1) is 0 Å². The van der Waals surface area contributed by atoms with Crippen LogP contribution in [0, 0.1) is 18.3 Å². The van der Waals surface area contributed by atoms with E-state index in [0.717, 1.165) is 18.7 Å². The molecule has 13 heavy (non-hydrogen) atoms. The summed E-state index contributed by atoms with van der Waals surface area (Å²) in [5.41, 5.74) is 1.54. The number of rotatable bonds is 3. The summed E-state index contributed by atoms with van der Waals surface area (Å²) in [5.74, 6) is 0.698. The van der Waals surface area contributed by atoms with Crippen molar-refractivity contribution < 1.29 is 0 Å². The van der Waals surface area contributed by atoms with Gasteiger partial charge in [0.1, 0.15) is 11.9 Å². The lowest BCUT2D eigenvalue weighted by atomic mass is 10.2. The molecule has 1 rings (SSSR count). The van der Waals surface area contributed by atoms with Crippen LogP contribution >= 0.6 is 0 Å². The van der Waals surface area contributed by atoms with Crippen molar-refractivity contribution in [1.29, 1.82) is 5.26 Å². The molecular formula is C10H13N3. The molecule has 0 aromatic carbocycles. The Kier molecular flexibility index (Phi) is 3.27. The van der Waals surface area contributed by atoms with Crippen molar-refractivity contribution in [1.82, 2.24) is 4.98 Å². The second kappa shape index (κ2) is 4.46. The Labute approximate surface area is 78.4 Å². The Balaban J connectivity index is 2.89. The van der Waals surface area contributed by atoms with Crippen molar-refractivity contribution >= 4 is 5.82 Å². The lowest BCUT2D eigenvalue weighted by molar-refractivity contribution is 0.964. The number of hydrogen-bond donors (Lipinski definition) is 1. The van der Waals surface area contributed by atoms with Gasteiger partial charge in [-0.1, -0.05) is 6.92 Å². The third kappa shape index (κ3) is 2.45. The molecule has 0 saturated heterocycles. The quantitative estimate of drug-likeness (QED) is 0.765. The summed E-state index contributed by atoms with van der Waals surface area (Å²) in [7, 11) is 0. The van der Waals surface area contributed by atoms with Crippen LogP contribution in [-0.4, -0.2) is 11.5 Å². The molecule has 1 aromatic heterocycles. The zero-order valence-corrected chi connectivity index (χ0v) is 7.96. The van der Waals surface area contributed by atoms with Gasteiger partial charge in [0, 0.05) is 12.2 Å². The van der Waals surface area contributed by atoms with Crippen LogP contribution in [0.5, 0.6) is 0 Å². The molecule has 0 amide bonds. The van der Waals surface area contributed by atoms with E-state index in [4.69, 9.17) is 5.26 Å². The summed E-state index contributed by atoms with van der Waals surface area (Å²) in [4.78, 5) is 4.25. The van der Waals surface area contributed by atoms with Crippen LogP contribution in [0.3, 0.4) is 0 Å². The second-order valence-electron chi connectivity index (χ2n) is 2.89. The Hall–Kier alpha value is -1.56. The van der Waals surface area contributed by atoms with E-state index >= 15 is 0 Å². The highest BCUT2D eigenvalue weighted by atomic mass is 15.0. The van der Waals surface area contributed by atoms with Gasteiger partial charge in [0.15, 0.2) is 0 Å². The van der Waals surface area contributed by atoms with Crippen molar-refractivity contribution in [2.45, 2.75) is 20.3 Å². The molecule has 68 valence electrons. The average molecular weight is 175 g/mol. The zero-order chi connectivity index (χ0) is 9.68. The number of nitriles is 1. The molecule has 0 spiro atoms. The van der Waals surface area contributed by atoms with E-state index in [9.17, 15) is 0 Å². The van der Waals surface area contributed by atoms with Crippen LogP contribution in [0.4, 0.5) is 5.82 Å². The van der Waals surface area contributed by atoms with Gasteiger partial charge in [-0.3, -0.25) is 0 Å². The Bertz CT molecular complexity index is 325. The van der Waals surface area contributed by atoms with Crippen LogP contribution in [-0.2, 0) is 0 Å². The molecule has 3 heteroatoms. The van der Waals surface area contributed by atoms with E-state index < -0.39 is 0 Å². The summed E-state index contributed by atoms with van der Waals surface area (Å²) in [6.07, 6.45) is 1.03. The van der Waals surface area contributed by atoms with Crippen molar-refractivity contribution in [3.8, 4) is 6.07 Å². The number of aryl methyl sites for hydroxylation is 1. The summed E-state index contributed by atoms with van der Waals surface area (Å²) in [5, 5.41) is 11.9. The van der Waals surface area contributed by atoms with Gasteiger partial charge >= 0.3 is 0 Å². The van der Waals surface area contributed by atoms with E-state index in [1.165, 1.54) is 0 Å². The van der Waals surface area contributed by atoms with Crippen molar-refractivity contribution in [2.24, 2.45) is 0 Å². The van der Waals surface area contributed by atoms with Crippen molar-refractivity contribution in [3.05, 3.63) is 23.4 Å². The van der Waals surface area contributed by atoms with Gasteiger partial charge < -0.3 is 5.32 Å². The van der Waals surface area contributed by atoms with E-state index in [-0.39, 0.29) is 0 Å². The first-order chi connectivity index (χ1) is 6.27. The lowest BCUT2D eigenvalue weighted by Gasteiger charge is -2.05. The Morgan fingerprint density at radius 1 is 1.54 bits per heavy atom. The minimum atomic E-state index is 0.610. The normalized spacial score (nSPS) is 9.31. The van der Waals surface area contributed by atoms with Crippen LogP contribution in [0.25, 0.3) is 0 Å². The maximum absolute atomic E-state index is 8.78. The van der Waals surface area contributed by atoms with Crippen molar-refractivity contribution in [3.63, 3.8) is 0 Å². The van der Waals surface area contributed by atoms with E-state index in [2.05, 4.69) is 23.3 Å². The van der Waals surface area contributed by atoms with Crippen molar-refractivity contribution in [2.75, 3.05) is 11.9 Å². The number of hydrogen-bond acceptors (Lipinski definition) is 3. The smallest absolute Gasteiger partial charge is 0.144 e. The molecule has 1 heterocycles. The molecule has 0 saturated carbocycles. The molecular weight excluding hydrogens is 162 g/mol. The SMILES string of the molecule is CCCNc1nc(C)ccc1C#N. The monoisotopic (exact) mass is 175 g/mol. The van der Waals surface area contributed by atoms with Gasteiger partial charge in [0.2, 0.25) is 0 Å². The predicted octanol–water partition coefficient (Wildman–Crippen LogP) is 2.08. The third-order valence-electron chi connectivity index (χ3n) is 1.70. The third-order valence-corrected chi connectivity index (χ3v) is 1.70. The average Bonchev–Trinajstić information content (AvgIpc) is 2.15. The summed E-state index contributed by atoms with van der Waals surface area (Å²) in [6, 6.07) is 5.74. The fourth-order valence-electron chi connectivity index (χ4n) is 1.03. The molecule has 0 atom stereocenters. The largest absolute Gasteiger partial charge is 0.369 e. The van der Waals surface area contributed by atoms with E-state index in [0.29, 0.717) is 11.4 Å². The molecule has 0 aliphatic heterocycles. The Morgan fingerprint density at radius 2 is 2.31 bits per heavy atom. The number of anilines is 1. The summed E-state index contributed by atoms with van der Waals surface area (Å²) >= 11 is 0. The van der Waals surface area contributed by atoms with Gasteiger partial charge in [0.05, 0.1) is 5.56 Å². The Morgan fingerprint density at radius 3 is 2.92 bits per heavy atom. The van der Waals surface area contributed by atoms with Crippen LogP contribution in [0.1, 0.15) is 24.6 Å². The van der Waals surface area contributed by atoms with Gasteiger partial charge in [-0.05, 0) is 25.5 Å². The summed E-state index contributed by atoms with van der Waals surface area (Å²) in [6.45, 7) is 4.85. The van der Waals surface area contributed by atoms with E-state index in [1.807, 2.05) is 13.0 Å². The second-order valence-corrected chi connectivity index (χ2v) is 2.89. The van der Waals surface area contributed by atoms with Gasteiger partial charge in [0.25, 0.3) is 0 Å². The topological polar surface area (TPSA) is 48.7 Å². The molecule has 1 N–H and O–H groups in total. The van der Waals surface area contributed by atoms with Crippen LogP contribution in [0.2, 0.25) is 0 Å². The fourth-order valence-corrected chi connectivity index (χ4v) is 1.03. The standard InChI is InChI=1S/C10H13N3/c1-3-6-12-10-9(7-11)5-4-8(2)13-10/h4-5H,3,6H2,1-2H3,(H,12,13). The fraction of sp³-hybridized carbons (Fsp3) is 0.400. The van der Waals surface area contributed by atoms with Gasteiger partial charge in [-0.2, -0.15) is 5.26 Å². The summed E-state index contributed by atoms with van der Waals surface area (Å²) < 4.78 is 0. The van der Waals surface area contributed by atoms with Crippen LogP contribution in [0.15, 0.2) is 12.1 Å². The maximum atomic E-state index is 8.78. The number of nitrogens with zero attached hydrogens (tertiary/aromatic N) is 2. The first kappa shape index (κ1) is 9.53. The highest BCUT2D eigenvalue weighted by molar-refractivity contribution is 5.52. The minimum Gasteiger partial charge on any atom is -0.369 e. The molecule has 0 radical (unpaired) electrons. The molecule has 0 aliphatic rings. The molecule has 1 aromatic rings. The maximum Gasteiger partial charge on any atom is 0.144 e. The minimum absolute atomic E-state index is 0.610. The van der Waals surface area contributed by atoms with Gasteiger partial charge in [-0.25, -0.2) is 4.98 Å². The number of nitrogens with one attached hydrogen (secondary N) is 1. The highest BCUT2D eigenvalue weighted by Crippen LogP contribution is 2.11. The number of aromatic nitrogens is 1. The molecule has 0 fully saturated rings. The molecule has 0 aliphatic carbocycles. The first-order valence-electron chi connectivity index (χ1n) is 4.39. The lowest BCUT2D eigenvalue weighted by Crippen LogP contribution is -2.04. The molecule has 3 nitrogen and oxygen atoms in total.